The summed E-state index contributed by atoms with van der Waals surface area (Å²) in [6.07, 6.45) is 4.45. The number of carbonyl (C=O) groups is 2. The average Bonchev–Trinajstić information content (AvgIpc) is 2.35. The molecule has 0 heterocycles. The van der Waals surface area contributed by atoms with Gasteiger partial charge in [0.05, 0.1) is 0 Å². The Morgan fingerprint density at radius 1 is 1.58 bits per heavy atom. The van der Waals surface area contributed by atoms with E-state index >= 15 is 0 Å². The molecule has 0 aromatic rings. The molecule has 0 aromatic carbocycles. The molecule has 1 rings (SSSR count). The van der Waals surface area contributed by atoms with Gasteiger partial charge in [-0.05, 0) is 12.8 Å². The Kier molecular flexibility index (Phi) is 2.17. The van der Waals surface area contributed by atoms with Gasteiger partial charge in [-0.1, -0.05) is 12.2 Å². The third-order valence-corrected chi connectivity index (χ3v) is 1.89. The lowest BCUT2D eigenvalue weighted by molar-refractivity contribution is -0.145. The zero-order valence-corrected chi connectivity index (χ0v) is 6.83. The second-order valence-electron chi connectivity index (χ2n) is 2.90. The molecule has 0 bridgehead atoms. The highest BCUT2D eigenvalue weighted by molar-refractivity contribution is 5.88. The maximum atomic E-state index is 10.8. The van der Waals surface area contributed by atoms with Crippen molar-refractivity contribution in [3.8, 4) is 0 Å². The summed E-state index contributed by atoms with van der Waals surface area (Å²) >= 11 is 0. The summed E-state index contributed by atoms with van der Waals surface area (Å²) in [5.74, 6) is -1.31. The fraction of sp³-hybridized carbons (Fsp3) is 0.500. The van der Waals surface area contributed by atoms with Crippen molar-refractivity contribution in [3.05, 3.63) is 12.2 Å². The van der Waals surface area contributed by atoms with Gasteiger partial charge in [-0.3, -0.25) is 4.79 Å². The molecule has 12 heavy (non-hydrogen) atoms. The summed E-state index contributed by atoms with van der Waals surface area (Å²) in [5, 5.41) is 11.3. The molecule has 0 saturated carbocycles. The van der Waals surface area contributed by atoms with Crippen molar-refractivity contribution in [2.75, 3.05) is 0 Å². The second-order valence-corrected chi connectivity index (χ2v) is 2.90. The van der Waals surface area contributed by atoms with E-state index < -0.39 is 11.5 Å². The molecule has 1 amide bonds. The molecule has 4 heteroatoms. The molecule has 0 aromatic heterocycles. The zero-order valence-electron chi connectivity index (χ0n) is 6.83. The van der Waals surface area contributed by atoms with Crippen LogP contribution in [0.1, 0.15) is 19.8 Å². The number of hydrogen-bond acceptors (Lipinski definition) is 2. The van der Waals surface area contributed by atoms with Gasteiger partial charge in [0.25, 0.3) is 0 Å². The van der Waals surface area contributed by atoms with E-state index in [1.54, 1.807) is 6.08 Å². The Morgan fingerprint density at radius 3 is 2.58 bits per heavy atom. The number of amides is 1. The molecule has 0 fully saturated rings. The normalized spacial score (nSPS) is 27.1. The average molecular weight is 169 g/mol. The Morgan fingerprint density at radius 2 is 2.25 bits per heavy atom. The molecular weight excluding hydrogens is 158 g/mol. The topological polar surface area (TPSA) is 66.4 Å². The first kappa shape index (κ1) is 8.77. The minimum absolute atomic E-state index is 0.316. The van der Waals surface area contributed by atoms with Gasteiger partial charge in [-0.15, -0.1) is 0 Å². The van der Waals surface area contributed by atoms with E-state index in [0.717, 1.165) is 0 Å². The van der Waals surface area contributed by atoms with Crippen molar-refractivity contribution in [3.63, 3.8) is 0 Å². The minimum atomic E-state index is -1.15. The van der Waals surface area contributed by atoms with Gasteiger partial charge in [-0.2, -0.15) is 0 Å². The molecule has 1 aliphatic carbocycles. The van der Waals surface area contributed by atoms with Crippen LogP contribution in [0.3, 0.4) is 0 Å². The summed E-state index contributed by atoms with van der Waals surface area (Å²) in [5.41, 5.74) is -1.15. The molecule has 0 radical (unpaired) electrons. The first-order valence-corrected chi connectivity index (χ1v) is 3.77. The number of carbonyl (C=O) groups excluding carboxylic acids is 1. The van der Waals surface area contributed by atoms with Crippen molar-refractivity contribution in [1.82, 2.24) is 5.32 Å². The van der Waals surface area contributed by atoms with Gasteiger partial charge < -0.3 is 10.4 Å². The number of carboxylic acid groups (broad SMARTS) is 1. The van der Waals surface area contributed by atoms with E-state index in [1.807, 2.05) is 0 Å². The van der Waals surface area contributed by atoms with Crippen LogP contribution in [0, 0.1) is 0 Å². The van der Waals surface area contributed by atoms with E-state index in [-0.39, 0.29) is 5.91 Å². The largest absolute Gasteiger partial charge is 0.479 e. The third-order valence-electron chi connectivity index (χ3n) is 1.89. The molecule has 1 aliphatic rings. The van der Waals surface area contributed by atoms with Crippen LogP contribution in [-0.2, 0) is 9.59 Å². The van der Waals surface area contributed by atoms with Crippen molar-refractivity contribution < 1.29 is 14.7 Å². The van der Waals surface area contributed by atoms with Gasteiger partial charge in [0.15, 0.2) is 5.54 Å². The number of hydrogen-bond donors (Lipinski definition) is 2. The molecule has 66 valence electrons. The Bertz CT molecular complexity index is 247. The minimum Gasteiger partial charge on any atom is -0.479 e. The van der Waals surface area contributed by atoms with Crippen LogP contribution in [0.5, 0.6) is 0 Å². The molecule has 2 N–H and O–H groups in total. The highest BCUT2D eigenvalue weighted by Gasteiger charge is 2.38. The molecule has 0 saturated heterocycles. The maximum Gasteiger partial charge on any atom is 0.333 e. The summed E-state index contributed by atoms with van der Waals surface area (Å²) in [6.45, 7) is 1.32. The van der Waals surface area contributed by atoms with Crippen molar-refractivity contribution in [2.24, 2.45) is 0 Å². The number of rotatable bonds is 2. The van der Waals surface area contributed by atoms with Crippen LogP contribution >= 0.6 is 0 Å². The Labute approximate surface area is 70.3 Å². The summed E-state index contributed by atoms with van der Waals surface area (Å²) in [7, 11) is 0. The number of aliphatic carboxylic acids is 1. The molecule has 1 atom stereocenters. The van der Waals surface area contributed by atoms with Crippen molar-refractivity contribution in [1.29, 1.82) is 0 Å². The van der Waals surface area contributed by atoms with E-state index in [2.05, 4.69) is 5.32 Å². The smallest absolute Gasteiger partial charge is 0.333 e. The van der Waals surface area contributed by atoms with Gasteiger partial charge in [0.2, 0.25) is 5.91 Å². The number of nitrogens with one attached hydrogen (secondary N) is 1. The van der Waals surface area contributed by atoms with Crippen LogP contribution in [0.4, 0.5) is 0 Å². The lowest BCUT2D eigenvalue weighted by Crippen LogP contribution is -2.51. The predicted molar refractivity (Wildman–Crippen MR) is 42.6 cm³/mol. The predicted octanol–water partition coefficient (Wildman–Crippen LogP) is 0.296. The van der Waals surface area contributed by atoms with Gasteiger partial charge in [0, 0.05) is 6.92 Å². The van der Waals surface area contributed by atoms with Crippen LogP contribution in [0.2, 0.25) is 0 Å². The first-order valence-electron chi connectivity index (χ1n) is 3.77. The standard InChI is InChI=1S/C8H11NO3/c1-6(10)9-8(7(11)12)4-2-3-5-8/h2,4H,3,5H2,1H3,(H,9,10)(H,11,12)/t8-/m1/s1. The highest BCUT2D eigenvalue weighted by atomic mass is 16.4. The zero-order chi connectivity index (χ0) is 9.19. The highest BCUT2D eigenvalue weighted by Crippen LogP contribution is 2.22. The van der Waals surface area contributed by atoms with Crippen LogP contribution in [-0.4, -0.2) is 22.5 Å². The quantitative estimate of drug-likeness (QED) is 0.584. The van der Waals surface area contributed by atoms with E-state index in [4.69, 9.17) is 5.11 Å². The molecule has 0 spiro atoms. The van der Waals surface area contributed by atoms with Gasteiger partial charge in [-0.25, -0.2) is 4.79 Å². The monoisotopic (exact) mass is 169 g/mol. The lowest BCUT2D eigenvalue weighted by atomic mass is 9.99. The summed E-state index contributed by atoms with van der Waals surface area (Å²) < 4.78 is 0. The fourth-order valence-corrected chi connectivity index (χ4v) is 1.33. The van der Waals surface area contributed by atoms with Crippen molar-refractivity contribution in [2.45, 2.75) is 25.3 Å². The molecule has 0 unspecified atom stereocenters. The van der Waals surface area contributed by atoms with Crippen LogP contribution < -0.4 is 5.32 Å². The van der Waals surface area contributed by atoms with Crippen LogP contribution in [0.15, 0.2) is 12.2 Å². The molecule has 4 nitrogen and oxygen atoms in total. The second kappa shape index (κ2) is 2.97. The summed E-state index contributed by atoms with van der Waals surface area (Å²) in [6, 6.07) is 0. The fourth-order valence-electron chi connectivity index (χ4n) is 1.33. The lowest BCUT2D eigenvalue weighted by Gasteiger charge is -2.22. The Hall–Kier alpha value is -1.32. The Balaban J connectivity index is 2.80. The van der Waals surface area contributed by atoms with Gasteiger partial charge >= 0.3 is 5.97 Å². The molecular formula is C8H11NO3. The first-order chi connectivity index (χ1) is 5.57. The van der Waals surface area contributed by atoms with E-state index in [0.29, 0.717) is 12.8 Å². The van der Waals surface area contributed by atoms with E-state index in [9.17, 15) is 9.59 Å². The number of carboxylic acids is 1. The van der Waals surface area contributed by atoms with E-state index in [1.165, 1.54) is 13.0 Å². The maximum absolute atomic E-state index is 10.8. The molecule has 0 aliphatic heterocycles. The SMILES string of the molecule is CC(=O)N[C@]1(C(=O)O)C=CCC1. The third kappa shape index (κ3) is 1.47. The van der Waals surface area contributed by atoms with Gasteiger partial charge in [0.1, 0.15) is 0 Å². The van der Waals surface area contributed by atoms with Crippen molar-refractivity contribution >= 4 is 11.9 Å². The summed E-state index contributed by atoms with van der Waals surface area (Å²) in [4.78, 5) is 21.5. The number of allylic oxidation sites excluding steroid dienone is 1. The van der Waals surface area contributed by atoms with Crippen LogP contribution in [0.25, 0.3) is 0 Å².